The molecule has 1 aromatic carbocycles. The number of guanidine groups is 1. The van der Waals surface area contributed by atoms with Crippen molar-refractivity contribution >= 4 is 29.0 Å². The SMILES string of the molecule is COC(=O)c1ccc(O)c(NC(=NCc2cccs2)N2CC(C)NC(C)C2)c1. The highest BCUT2D eigenvalue weighted by Crippen LogP contribution is 2.25. The van der Waals surface area contributed by atoms with Gasteiger partial charge in [0.15, 0.2) is 5.96 Å². The summed E-state index contributed by atoms with van der Waals surface area (Å²) in [6, 6.07) is 9.27. The van der Waals surface area contributed by atoms with E-state index in [0.29, 0.717) is 35.8 Å². The summed E-state index contributed by atoms with van der Waals surface area (Å²) >= 11 is 1.66. The number of aliphatic imine (C=N–C) groups is 1. The Morgan fingerprint density at radius 3 is 2.75 bits per heavy atom. The molecule has 3 rings (SSSR count). The van der Waals surface area contributed by atoms with Gasteiger partial charge >= 0.3 is 5.97 Å². The maximum Gasteiger partial charge on any atom is 0.337 e. The lowest BCUT2D eigenvalue weighted by Crippen LogP contribution is -2.57. The first kappa shape index (κ1) is 20.2. The number of anilines is 1. The van der Waals surface area contributed by atoms with Crippen LogP contribution in [0.4, 0.5) is 5.69 Å². The zero-order chi connectivity index (χ0) is 20.1. The van der Waals surface area contributed by atoms with Crippen LogP contribution in [0.15, 0.2) is 40.7 Å². The number of nitrogens with zero attached hydrogens (tertiary/aromatic N) is 2. The van der Waals surface area contributed by atoms with Crippen LogP contribution in [0.2, 0.25) is 0 Å². The van der Waals surface area contributed by atoms with Crippen molar-refractivity contribution in [2.75, 3.05) is 25.5 Å². The average molecular weight is 403 g/mol. The topological polar surface area (TPSA) is 86.2 Å². The average Bonchev–Trinajstić information content (AvgIpc) is 3.18. The minimum Gasteiger partial charge on any atom is -0.506 e. The summed E-state index contributed by atoms with van der Waals surface area (Å²) in [7, 11) is 1.33. The Bertz CT molecular complexity index is 828. The Hall–Kier alpha value is -2.58. The number of piperazine rings is 1. The van der Waals surface area contributed by atoms with E-state index >= 15 is 0 Å². The number of phenols is 1. The van der Waals surface area contributed by atoms with E-state index in [1.165, 1.54) is 19.2 Å². The third kappa shape index (κ3) is 5.02. The fourth-order valence-corrected chi connectivity index (χ4v) is 3.90. The Balaban J connectivity index is 1.88. The normalized spacial score (nSPS) is 20.1. The maximum absolute atomic E-state index is 11.9. The van der Waals surface area contributed by atoms with Crippen molar-refractivity contribution in [3.05, 3.63) is 46.2 Å². The summed E-state index contributed by atoms with van der Waals surface area (Å²) in [5.74, 6) is 0.267. The van der Waals surface area contributed by atoms with Crippen LogP contribution in [0.1, 0.15) is 29.1 Å². The number of methoxy groups -OCH3 is 1. The van der Waals surface area contributed by atoms with Crippen molar-refractivity contribution in [2.45, 2.75) is 32.5 Å². The summed E-state index contributed by atoms with van der Waals surface area (Å²) in [6.07, 6.45) is 0. The van der Waals surface area contributed by atoms with Gasteiger partial charge in [0.2, 0.25) is 0 Å². The van der Waals surface area contributed by atoms with Crippen LogP contribution >= 0.6 is 11.3 Å². The molecular formula is C20H26N4O3S. The lowest BCUT2D eigenvalue weighted by molar-refractivity contribution is 0.0601. The Morgan fingerprint density at radius 2 is 2.11 bits per heavy atom. The highest BCUT2D eigenvalue weighted by molar-refractivity contribution is 7.09. The van der Waals surface area contributed by atoms with Crippen LogP contribution in [0.5, 0.6) is 5.75 Å². The van der Waals surface area contributed by atoms with E-state index in [1.54, 1.807) is 17.4 Å². The number of ether oxygens (including phenoxy) is 1. The second-order valence-corrected chi connectivity index (χ2v) is 7.97. The van der Waals surface area contributed by atoms with Gasteiger partial charge in [0.05, 0.1) is 24.9 Å². The van der Waals surface area contributed by atoms with Gasteiger partial charge in [-0.25, -0.2) is 9.79 Å². The van der Waals surface area contributed by atoms with Crippen molar-refractivity contribution in [1.29, 1.82) is 0 Å². The van der Waals surface area contributed by atoms with Crippen molar-refractivity contribution in [3.8, 4) is 5.75 Å². The molecule has 7 nitrogen and oxygen atoms in total. The van der Waals surface area contributed by atoms with Gasteiger partial charge < -0.3 is 25.4 Å². The number of aromatic hydroxyl groups is 1. The molecule has 1 saturated heterocycles. The van der Waals surface area contributed by atoms with E-state index in [1.807, 2.05) is 17.5 Å². The second kappa shape index (κ2) is 9.07. The van der Waals surface area contributed by atoms with Gasteiger partial charge in [-0.2, -0.15) is 0 Å². The predicted molar refractivity (Wildman–Crippen MR) is 112 cm³/mol. The number of carbonyl (C=O) groups excluding carboxylic acids is 1. The largest absolute Gasteiger partial charge is 0.506 e. The monoisotopic (exact) mass is 402 g/mol. The zero-order valence-corrected chi connectivity index (χ0v) is 17.1. The standard InChI is InChI=1S/C20H26N4O3S/c1-13-11-24(12-14(2)22-13)20(21-10-16-5-4-8-28-16)23-17-9-15(19(26)27-3)6-7-18(17)25/h4-9,13-14,22,25H,10-12H2,1-3H3,(H,21,23). The van der Waals surface area contributed by atoms with Gasteiger partial charge in [0.25, 0.3) is 0 Å². The molecule has 1 fully saturated rings. The van der Waals surface area contributed by atoms with Gasteiger partial charge in [0.1, 0.15) is 5.75 Å². The molecule has 0 radical (unpaired) electrons. The number of carbonyl (C=O) groups is 1. The second-order valence-electron chi connectivity index (χ2n) is 6.94. The molecule has 0 bridgehead atoms. The first-order valence-electron chi connectivity index (χ1n) is 9.22. The number of hydrogen-bond acceptors (Lipinski definition) is 6. The predicted octanol–water partition coefficient (Wildman–Crippen LogP) is 2.89. The highest BCUT2D eigenvalue weighted by Gasteiger charge is 2.24. The molecular weight excluding hydrogens is 376 g/mol. The number of nitrogens with one attached hydrogen (secondary N) is 2. The molecule has 2 heterocycles. The molecule has 0 saturated carbocycles. The van der Waals surface area contributed by atoms with Crippen molar-refractivity contribution < 1.29 is 14.6 Å². The summed E-state index contributed by atoms with van der Waals surface area (Å²) < 4.78 is 4.78. The minimum atomic E-state index is -0.454. The van der Waals surface area contributed by atoms with Crippen LogP contribution in [-0.2, 0) is 11.3 Å². The quantitative estimate of drug-likeness (QED) is 0.316. The molecule has 0 aliphatic carbocycles. The molecule has 3 N–H and O–H groups in total. The fourth-order valence-electron chi connectivity index (χ4n) is 3.28. The van der Waals surface area contributed by atoms with Crippen molar-refractivity contribution in [1.82, 2.24) is 10.2 Å². The summed E-state index contributed by atoms with van der Waals surface area (Å²) in [6.45, 7) is 6.39. The number of rotatable bonds is 4. The molecule has 1 aliphatic heterocycles. The first-order chi connectivity index (χ1) is 13.5. The third-order valence-electron chi connectivity index (χ3n) is 4.49. The Morgan fingerprint density at radius 1 is 1.36 bits per heavy atom. The summed E-state index contributed by atoms with van der Waals surface area (Å²) in [5.41, 5.74) is 0.786. The molecule has 2 aromatic rings. The molecule has 0 spiro atoms. The van der Waals surface area contributed by atoms with E-state index < -0.39 is 5.97 Å². The number of phenolic OH excluding ortho intramolecular Hbond substituents is 1. The number of thiophene rings is 1. The van der Waals surface area contributed by atoms with Gasteiger partial charge in [0, 0.05) is 30.1 Å². The molecule has 8 heteroatoms. The number of hydrogen-bond donors (Lipinski definition) is 3. The van der Waals surface area contributed by atoms with Crippen LogP contribution in [0.25, 0.3) is 0 Å². The summed E-state index contributed by atoms with van der Waals surface area (Å²) in [5, 5.41) is 19.1. The van der Waals surface area contributed by atoms with E-state index in [-0.39, 0.29) is 5.75 Å². The lowest BCUT2D eigenvalue weighted by atomic mass is 10.1. The van der Waals surface area contributed by atoms with Gasteiger partial charge in [-0.1, -0.05) is 6.07 Å². The molecule has 2 atom stereocenters. The molecule has 1 aromatic heterocycles. The molecule has 150 valence electrons. The van der Waals surface area contributed by atoms with Crippen LogP contribution < -0.4 is 10.6 Å². The van der Waals surface area contributed by atoms with Gasteiger partial charge in [-0.3, -0.25) is 0 Å². The van der Waals surface area contributed by atoms with Crippen LogP contribution in [0.3, 0.4) is 0 Å². The van der Waals surface area contributed by atoms with E-state index in [2.05, 4.69) is 29.4 Å². The smallest absolute Gasteiger partial charge is 0.337 e. The minimum absolute atomic E-state index is 0.0488. The van der Waals surface area contributed by atoms with E-state index in [4.69, 9.17) is 9.73 Å². The number of esters is 1. The highest BCUT2D eigenvalue weighted by atomic mass is 32.1. The van der Waals surface area contributed by atoms with Gasteiger partial charge in [-0.05, 0) is 43.5 Å². The Kier molecular flexibility index (Phi) is 6.53. The lowest BCUT2D eigenvalue weighted by Gasteiger charge is -2.38. The van der Waals surface area contributed by atoms with E-state index in [0.717, 1.165) is 18.0 Å². The summed E-state index contributed by atoms with van der Waals surface area (Å²) in [4.78, 5) is 20.0. The molecule has 0 amide bonds. The van der Waals surface area contributed by atoms with E-state index in [9.17, 15) is 9.90 Å². The van der Waals surface area contributed by atoms with Gasteiger partial charge in [-0.15, -0.1) is 11.3 Å². The third-order valence-corrected chi connectivity index (χ3v) is 5.35. The molecule has 1 aliphatic rings. The van der Waals surface area contributed by atoms with Crippen LogP contribution in [-0.4, -0.2) is 54.2 Å². The van der Waals surface area contributed by atoms with Crippen molar-refractivity contribution in [3.63, 3.8) is 0 Å². The first-order valence-corrected chi connectivity index (χ1v) is 10.1. The van der Waals surface area contributed by atoms with Crippen LogP contribution in [0, 0.1) is 0 Å². The molecule has 2 unspecified atom stereocenters. The van der Waals surface area contributed by atoms with Crippen molar-refractivity contribution in [2.24, 2.45) is 4.99 Å². The zero-order valence-electron chi connectivity index (χ0n) is 16.3. The Labute approximate surface area is 169 Å². The molecule has 28 heavy (non-hydrogen) atoms. The fraction of sp³-hybridized carbons (Fsp3) is 0.400. The number of benzene rings is 1. The maximum atomic E-state index is 11.9.